The van der Waals surface area contributed by atoms with Gasteiger partial charge in [-0.15, -0.1) is 11.3 Å². The largest absolute Gasteiger partial charge is 0.462 e. The highest BCUT2D eigenvalue weighted by Gasteiger charge is 2.23. The molecule has 2 aromatic carbocycles. The zero-order valence-corrected chi connectivity index (χ0v) is 20.4. The molecule has 0 aliphatic rings. The smallest absolute Gasteiger partial charge is 0.341 e. The molecular weight excluding hydrogens is 476 g/mol. The van der Waals surface area contributed by atoms with Gasteiger partial charge in [-0.1, -0.05) is 53.7 Å². The summed E-state index contributed by atoms with van der Waals surface area (Å²) in [7, 11) is 0. The molecule has 0 aliphatic carbocycles. The van der Waals surface area contributed by atoms with Crippen molar-refractivity contribution in [2.75, 3.05) is 17.7 Å². The maximum atomic E-state index is 12.7. The number of aryl methyl sites for hydroxylation is 1. The number of nitrogens with zero attached hydrogens (tertiary/aromatic N) is 1. The maximum absolute atomic E-state index is 12.7. The maximum Gasteiger partial charge on any atom is 0.341 e. The molecule has 0 aliphatic heterocycles. The molecule has 1 N–H and O–H groups in total. The molecule has 168 valence electrons. The molecule has 2 heterocycles. The molecule has 4 rings (SSSR count). The number of rotatable bonds is 7. The molecular formula is C25H21ClN2O3S2. The number of hydrogen-bond donors (Lipinski definition) is 1. The number of carbonyl (C=O) groups is 2. The van der Waals surface area contributed by atoms with Gasteiger partial charge in [-0.2, -0.15) is 0 Å². The number of nitrogens with one attached hydrogen (secondary N) is 1. The van der Waals surface area contributed by atoms with Crippen LogP contribution in [0.15, 0.2) is 65.0 Å². The van der Waals surface area contributed by atoms with E-state index < -0.39 is 5.97 Å². The average molecular weight is 497 g/mol. The van der Waals surface area contributed by atoms with Crippen LogP contribution in [0.4, 0.5) is 5.00 Å². The van der Waals surface area contributed by atoms with Crippen molar-refractivity contribution in [3.63, 3.8) is 0 Å². The third kappa shape index (κ3) is 5.38. The predicted molar refractivity (Wildman–Crippen MR) is 137 cm³/mol. The Hall–Kier alpha value is -2.87. The first-order valence-electron chi connectivity index (χ1n) is 10.3. The summed E-state index contributed by atoms with van der Waals surface area (Å²) in [6.07, 6.45) is 0. The number of aromatic nitrogens is 1. The summed E-state index contributed by atoms with van der Waals surface area (Å²) in [5, 5.41) is 7.66. The average Bonchev–Trinajstić information content (AvgIpc) is 3.22. The van der Waals surface area contributed by atoms with Crippen molar-refractivity contribution in [3.05, 3.63) is 76.1 Å². The molecule has 8 heteroatoms. The van der Waals surface area contributed by atoms with Crippen molar-refractivity contribution in [3.8, 4) is 11.1 Å². The van der Waals surface area contributed by atoms with Crippen molar-refractivity contribution in [2.24, 2.45) is 0 Å². The summed E-state index contributed by atoms with van der Waals surface area (Å²) in [4.78, 5) is 30.1. The number of hydrogen-bond acceptors (Lipinski definition) is 6. The van der Waals surface area contributed by atoms with Crippen molar-refractivity contribution < 1.29 is 14.3 Å². The standard InChI is InChI=1S/C25H21ClN2O3S2/c1-3-31-25(30)23-19(16-8-10-17(26)11-9-16)13-33-24(23)28-21(29)14-32-22-12-15(2)18-6-4-5-7-20(18)27-22/h4-13H,3,14H2,1-2H3,(H,28,29). The van der Waals surface area contributed by atoms with E-state index in [1.165, 1.54) is 23.1 Å². The lowest BCUT2D eigenvalue weighted by molar-refractivity contribution is -0.113. The van der Waals surface area contributed by atoms with Gasteiger partial charge < -0.3 is 10.1 Å². The topological polar surface area (TPSA) is 68.3 Å². The molecule has 2 aromatic heterocycles. The Kier molecular flexibility index (Phi) is 7.33. The number of thiophene rings is 1. The Morgan fingerprint density at radius 3 is 2.67 bits per heavy atom. The molecule has 0 atom stereocenters. The minimum Gasteiger partial charge on any atom is -0.462 e. The van der Waals surface area contributed by atoms with Crippen LogP contribution in [0.5, 0.6) is 0 Å². The highest BCUT2D eigenvalue weighted by Crippen LogP contribution is 2.37. The molecule has 0 unspecified atom stereocenters. The Labute approximate surface area is 205 Å². The van der Waals surface area contributed by atoms with E-state index >= 15 is 0 Å². The van der Waals surface area contributed by atoms with E-state index in [-0.39, 0.29) is 18.3 Å². The van der Waals surface area contributed by atoms with Crippen LogP contribution < -0.4 is 5.32 Å². The number of pyridine rings is 1. The van der Waals surface area contributed by atoms with Gasteiger partial charge in [0.1, 0.15) is 10.6 Å². The molecule has 1 amide bonds. The van der Waals surface area contributed by atoms with Crippen molar-refractivity contribution in [1.29, 1.82) is 0 Å². The van der Waals surface area contributed by atoms with Gasteiger partial charge in [-0.25, -0.2) is 9.78 Å². The Morgan fingerprint density at radius 1 is 1.15 bits per heavy atom. The summed E-state index contributed by atoms with van der Waals surface area (Å²) in [6.45, 7) is 4.02. The number of esters is 1. The SMILES string of the molecule is CCOC(=O)c1c(-c2ccc(Cl)cc2)csc1NC(=O)CSc1cc(C)c2ccccc2n1. The molecule has 0 spiro atoms. The lowest BCUT2D eigenvalue weighted by Crippen LogP contribution is -2.16. The minimum atomic E-state index is -0.474. The summed E-state index contributed by atoms with van der Waals surface area (Å²) in [5.74, 6) is -0.526. The van der Waals surface area contributed by atoms with Crippen molar-refractivity contribution in [2.45, 2.75) is 18.9 Å². The van der Waals surface area contributed by atoms with Crippen LogP contribution in [0, 0.1) is 6.92 Å². The van der Waals surface area contributed by atoms with Gasteiger partial charge in [0.05, 0.1) is 22.9 Å². The normalized spacial score (nSPS) is 10.9. The number of ether oxygens (including phenoxy) is 1. The fraction of sp³-hybridized carbons (Fsp3) is 0.160. The number of halogens is 1. The first-order valence-corrected chi connectivity index (χ1v) is 12.5. The van der Waals surface area contributed by atoms with E-state index in [1.54, 1.807) is 19.1 Å². The van der Waals surface area contributed by atoms with Crippen molar-refractivity contribution in [1.82, 2.24) is 4.98 Å². The van der Waals surface area contributed by atoms with Crippen LogP contribution in [0.25, 0.3) is 22.0 Å². The van der Waals surface area contributed by atoms with Crippen LogP contribution >= 0.6 is 34.7 Å². The van der Waals surface area contributed by atoms with Gasteiger partial charge in [0.25, 0.3) is 0 Å². The van der Waals surface area contributed by atoms with Gasteiger partial charge >= 0.3 is 5.97 Å². The zero-order valence-electron chi connectivity index (χ0n) is 18.1. The van der Waals surface area contributed by atoms with Gasteiger partial charge in [0.15, 0.2) is 0 Å². The minimum absolute atomic E-state index is 0.168. The number of fused-ring (bicyclic) bond motifs is 1. The second kappa shape index (κ2) is 10.4. The zero-order chi connectivity index (χ0) is 23.4. The van der Waals surface area contributed by atoms with Crippen LogP contribution in [0.3, 0.4) is 0 Å². The van der Waals surface area contributed by atoms with E-state index in [4.69, 9.17) is 16.3 Å². The van der Waals surface area contributed by atoms with Crippen LogP contribution in [-0.4, -0.2) is 29.2 Å². The number of thioether (sulfide) groups is 1. The monoisotopic (exact) mass is 496 g/mol. The molecule has 5 nitrogen and oxygen atoms in total. The molecule has 0 saturated carbocycles. The highest BCUT2D eigenvalue weighted by atomic mass is 35.5. The summed E-state index contributed by atoms with van der Waals surface area (Å²) in [5.41, 5.74) is 3.88. The number of benzene rings is 2. The third-order valence-corrected chi connectivity index (χ3v) is 6.99. The summed E-state index contributed by atoms with van der Waals surface area (Å²) >= 11 is 8.65. The van der Waals surface area contributed by atoms with E-state index in [0.717, 1.165) is 27.1 Å². The summed E-state index contributed by atoms with van der Waals surface area (Å²) < 4.78 is 5.25. The quantitative estimate of drug-likeness (QED) is 0.224. The predicted octanol–water partition coefficient (Wildman–Crippen LogP) is 6.83. The summed E-state index contributed by atoms with van der Waals surface area (Å²) in [6, 6.07) is 17.1. The molecule has 0 radical (unpaired) electrons. The molecule has 4 aromatic rings. The molecule has 33 heavy (non-hydrogen) atoms. The molecule has 0 bridgehead atoms. The fourth-order valence-corrected chi connectivity index (χ4v) is 5.27. The van der Waals surface area contributed by atoms with Gasteiger partial charge in [0.2, 0.25) is 5.91 Å². The third-order valence-electron chi connectivity index (χ3n) is 4.93. The van der Waals surface area contributed by atoms with Gasteiger partial charge in [0, 0.05) is 21.4 Å². The molecule has 0 fully saturated rings. The Morgan fingerprint density at radius 2 is 1.91 bits per heavy atom. The van der Waals surface area contributed by atoms with E-state index in [2.05, 4.69) is 10.3 Å². The van der Waals surface area contributed by atoms with Crippen LogP contribution in [-0.2, 0) is 9.53 Å². The van der Waals surface area contributed by atoms with Gasteiger partial charge in [-0.05, 0) is 49.2 Å². The second-order valence-electron chi connectivity index (χ2n) is 7.21. The van der Waals surface area contributed by atoms with Crippen molar-refractivity contribution >= 4 is 62.5 Å². The van der Waals surface area contributed by atoms with E-state index in [9.17, 15) is 9.59 Å². The number of carbonyl (C=O) groups excluding carboxylic acids is 2. The fourth-order valence-electron chi connectivity index (χ4n) is 3.39. The van der Waals surface area contributed by atoms with Crippen LogP contribution in [0.2, 0.25) is 5.02 Å². The number of anilines is 1. The first-order chi connectivity index (χ1) is 16.0. The Bertz CT molecular complexity index is 1320. The second-order valence-corrected chi connectivity index (χ2v) is 9.52. The van der Waals surface area contributed by atoms with Crippen LogP contribution in [0.1, 0.15) is 22.8 Å². The first kappa shape index (κ1) is 23.3. The Balaban J connectivity index is 1.53. The van der Waals surface area contributed by atoms with Gasteiger partial charge in [-0.3, -0.25) is 4.79 Å². The lowest BCUT2D eigenvalue weighted by atomic mass is 10.0. The highest BCUT2D eigenvalue weighted by molar-refractivity contribution is 7.99. The van der Waals surface area contributed by atoms with E-state index in [1.807, 2.05) is 54.8 Å². The van der Waals surface area contributed by atoms with E-state index in [0.29, 0.717) is 21.2 Å². The molecule has 0 saturated heterocycles. The number of para-hydroxylation sites is 1. The lowest BCUT2D eigenvalue weighted by Gasteiger charge is -2.09. The number of amides is 1.